The Morgan fingerprint density at radius 2 is 2.06 bits per heavy atom. The van der Waals surface area contributed by atoms with Gasteiger partial charge in [0.1, 0.15) is 12.0 Å². The topological polar surface area (TPSA) is 109 Å². The van der Waals surface area contributed by atoms with Gasteiger partial charge >= 0.3 is 0 Å². The van der Waals surface area contributed by atoms with Gasteiger partial charge in [0.2, 0.25) is 11.8 Å². The van der Waals surface area contributed by atoms with E-state index in [-0.39, 0.29) is 23.6 Å². The van der Waals surface area contributed by atoms with Crippen LogP contribution >= 0.6 is 11.3 Å². The van der Waals surface area contributed by atoms with E-state index in [9.17, 15) is 14.7 Å². The lowest BCUT2D eigenvalue weighted by molar-refractivity contribution is -0.140. The Hall–Kier alpha value is -3.20. The maximum Gasteiger partial charge on any atom is 0.251 e. The van der Waals surface area contributed by atoms with E-state index in [2.05, 4.69) is 15.5 Å². The third kappa shape index (κ3) is 4.93. The zero-order chi connectivity index (χ0) is 23.5. The number of hydrogen-bond donors (Lipinski definition) is 2. The number of carbonyl (C=O) groups is 2. The van der Waals surface area contributed by atoms with E-state index in [1.165, 1.54) is 6.07 Å². The molecule has 0 saturated carbocycles. The number of aryl methyl sites for hydroxylation is 1. The number of nitrogens with one attached hydrogen (secondary N) is 1. The maximum atomic E-state index is 13.3. The molecular weight excluding hydrogens is 440 g/mol. The van der Waals surface area contributed by atoms with E-state index in [0.29, 0.717) is 25.3 Å². The number of benzene rings is 1. The van der Waals surface area contributed by atoms with Gasteiger partial charge in [0, 0.05) is 19.2 Å². The zero-order valence-corrected chi connectivity index (χ0v) is 19.8. The van der Waals surface area contributed by atoms with Crippen molar-refractivity contribution in [2.24, 2.45) is 5.92 Å². The molecule has 1 aliphatic heterocycles. The molecular formula is C24H28N4O4S. The molecule has 0 aliphatic carbocycles. The summed E-state index contributed by atoms with van der Waals surface area (Å²) in [5.41, 5.74) is 4.94. The molecule has 2 aromatic heterocycles. The van der Waals surface area contributed by atoms with E-state index < -0.39 is 12.0 Å². The summed E-state index contributed by atoms with van der Waals surface area (Å²) in [7, 11) is 0. The van der Waals surface area contributed by atoms with Crippen molar-refractivity contribution in [3.8, 4) is 16.3 Å². The van der Waals surface area contributed by atoms with Gasteiger partial charge in [-0.2, -0.15) is 0 Å². The molecule has 3 heterocycles. The lowest BCUT2D eigenvalue weighted by atomic mass is 9.91. The van der Waals surface area contributed by atoms with Gasteiger partial charge < -0.3 is 19.8 Å². The molecule has 174 valence electrons. The fraction of sp³-hybridized carbons (Fsp3) is 0.417. The van der Waals surface area contributed by atoms with Crippen LogP contribution in [0.15, 0.2) is 40.4 Å². The summed E-state index contributed by atoms with van der Waals surface area (Å²) in [6.07, 6.45) is 1.38. The van der Waals surface area contributed by atoms with Crippen molar-refractivity contribution in [1.29, 1.82) is 0 Å². The summed E-state index contributed by atoms with van der Waals surface area (Å²) in [6, 6.07) is 8.91. The number of amides is 2. The van der Waals surface area contributed by atoms with Crippen molar-refractivity contribution >= 4 is 23.2 Å². The normalized spacial score (nSPS) is 16.8. The largest absolute Gasteiger partial charge is 0.491 e. The molecule has 1 saturated heterocycles. The maximum absolute atomic E-state index is 13.3. The molecule has 0 spiro atoms. The minimum atomic E-state index is -0.602. The van der Waals surface area contributed by atoms with Crippen molar-refractivity contribution in [3.05, 3.63) is 52.9 Å². The van der Waals surface area contributed by atoms with Crippen molar-refractivity contribution in [2.45, 2.75) is 52.1 Å². The van der Waals surface area contributed by atoms with Crippen LogP contribution in [0.2, 0.25) is 0 Å². The average molecular weight is 469 g/mol. The van der Waals surface area contributed by atoms with Crippen molar-refractivity contribution < 1.29 is 19.2 Å². The third-order valence-electron chi connectivity index (χ3n) is 6.02. The van der Waals surface area contributed by atoms with Crippen molar-refractivity contribution in [1.82, 2.24) is 20.4 Å². The van der Waals surface area contributed by atoms with Crippen LogP contribution in [0.5, 0.6) is 5.88 Å². The molecule has 1 fully saturated rings. The second kappa shape index (κ2) is 9.74. The van der Waals surface area contributed by atoms with Crippen molar-refractivity contribution in [2.75, 3.05) is 6.54 Å². The van der Waals surface area contributed by atoms with Crippen LogP contribution in [-0.4, -0.2) is 44.5 Å². The fourth-order valence-corrected chi connectivity index (χ4v) is 5.11. The number of thiazole rings is 1. The van der Waals surface area contributed by atoms with Gasteiger partial charge in [0.25, 0.3) is 5.88 Å². The first-order chi connectivity index (χ1) is 15.8. The molecule has 1 aliphatic rings. The number of hydrogen-bond acceptors (Lipinski definition) is 7. The Kier molecular flexibility index (Phi) is 6.78. The van der Waals surface area contributed by atoms with Crippen LogP contribution < -0.4 is 5.32 Å². The Morgan fingerprint density at radius 1 is 1.30 bits per heavy atom. The second-order valence-corrected chi connectivity index (χ2v) is 9.54. The third-order valence-corrected chi connectivity index (χ3v) is 7.00. The van der Waals surface area contributed by atoms with Crippen LogP contribution in [0.4, 0.5) is 0 Å². The Bertz CT molecular complexity index is 1120. The SMILES string of the molecule is Cc1ncsc1-c1ccc(CNC(=O)[C@@H]2CCCN2C(=O)C(c2cc(O)no2)C(C)C)cc1. The minimum Gasteiger partial charge on any atom is -0.491 e. The van der Waals surface area contributed by atoms with Gasteiger partial charge in [0.05, 0.1) is 16.1 Å². The average Bonchev–Trinajstić information content (AvgIpc) is 3.53. The van der Waals surface area contributed by atoms with Crippen LogP contribution in [0.1, 0.15) is 49.6 Å². The molecule has 4 rings (SSSR count). The quantitative estimate of drug-likeness (QED) is 0.545. The second-order valence-electron chi connectivity index (χ2n) is 8.68. The molecule has 9 heteroatoms. The number of aromatic nitrogens is 2. The number of nitrogens with zero attached hydrogens (tertiary/aromatic N) is 3. The lowest BCUT2D eigenvalue weighted by Gasteiger charge is -2.28. The summed E-state index contributed by atoms with van der Waals surface area (Å²) in [4.78, 5) is 33.4. The van der Waals surface area contributed by atoms with Gasteiger partial charge in [-0.3, -0.25) is 9.59 Å². The summed E-state index contributed by atoms with van der Waals surface area (Å²) >= 11 is 1.61. The predicted octanol–water partition coefficient (Wildman–Crippen LogP) is 3.86. The Labute approximate surface area is 196 Å². The highest BCUT2D eigenvalue weighted by molar-refractivity contribution is 7.13. The number of carbonyl (C=O) groups excluding carboxylic acids is 2. The lowest BCUT2D eigenvalue weighted by Crippen LogP contribution is -2.47. The van der Waals surface area contributed by atoms with E-state index in [0.717, 1.165) is 28.1 Å². The van der Waals surface area contributed by atoms with Gasteiger partial charge in [-0.25, -0.2) is 4.98 Å². The predicted molar refractivity (Wildman–Crippen MR) is 125 cm³/mol. The first kappa shape index (κ1) is 23.0. The first-order valence-corrected chi connectivity index (χ1v) is 12.0. The molecule has 2 atom stereocenters. The summed E-state index contributed by atoms with van der Waals surface area (Å²) < 4.78 is 5.16. The van der Waals surface area contributed by atoms with Crippen molar-refractivity contribution in [3.63, 3.8) is 0 Å². The highest BCUT2D eigenvalue weighted by atomic mass is 32.1. The number of rotatable bonds is 7. The van der Waals surface area contributed by atoms with E-state index in [4.69, 9.17) is 4.52 Å². The molecule has 33 heavy (non-hydrogen) atoms. The van der Waals surface area contributed by atoms with Gasteiger partial charge in [-0.05, 0) is 42.0 Å². The van der Waals surface area contributed by atoms with Crippen LogP contribution in [0.3, 0.4) is 0 Å². The molecule has 3 aromatic rings. The highest BCUT2D eigenvalue weighted by Gasteiger charge is 2.40. The van der Waals surface area contributed by atoms with Gasteiger partial charge in [-0.1, -0.05) is 38.1 Å². The van der Waals surface area contributed by atoms with E-state index in [1.54, 1.807) is 16.2 Å². The molecule has 8 nitrogen and oxygen atoms in total. The Morgan fingerprint density at radius 3 is 2.67 bits per heavy atom. The fourth-order valence-electron chi connectivity index (χ4n) is 4.30. The molecule has 0 radical (unpaired) electrons. The Balaban J connectivity index is 1.40. The minimum absolute atomic E-state index is 0.0742. The standard InChI is InChI=1S/C24H28N4O4S/c1-14(2)21(19-11-20(29)27-32-19)24(31)28-10-4-5-18(28)23(30)25-12-16-6-8-17(9-7-16)22-15(3)26-13-33-22/h6-9,11,13-14,18,21H,4-5,10,12H2,1-3H3,(H,25,30)(H,27,29)/t18-,21?/m0/s1. The first-order valence-electron chi connectivity index (χ1n) is 11.1. The summed E-state index contributed by atoms with van der Waals surface area (Å²) in [6.45, 7) is 6.71. The highest BCUT2D eigenvalue weighted by Crippen LogP contribution is 2.32. The molecule has 1 aromatic carbocycles. The zero-order valence-electron chi connectivity index (χ0n) is 18.9. The van der Waals surface area contributed by atoms with Gasteiger partial charge in [-0.15, -0.1) is 11.3 Å². The monoisotopic (exact) mass is 468 g/mol. The smallest absolute Gasteiger partial charge is 0.251 e. The molecule has 2 N–H and O–H groups in total. The van der Waals surface area contributed by atoms with Crippen LogP contribution in [0.25, 0.3) is 10.4 Å². The molecule has 0 bridgehead atoms. The van der Waals surface area contributed by atoms with Gasteiger partial charge in [0.15, 0.2) is 5.76 Å². The molecule has 1 unspecified atom stereocenters. The molecule has 2 amide bonds. The number of aromatic hydroxyl groups is 1. The van der Waals surface area contributed by atoms with Crippen LogP contribution in [0, 0.1) is 12.8 Å². The van der Waals surface area contributed by atoms with E-state index >= 15 is 0 Å². The van der Waals surface area contributed by atoms with Crippen LogP contribution in [-0.2, 0) is 16.1 Å². The summed E-state index contributed by atoms with van der Waals surface area (Å²) in [5.74, 6) is -0.954. The number of likely N-dealkylation sites (tertiary alicyclic amines) is 1. The van der Waals surface area contributed by atoms with E-state index in [1.807, 2.05) is 50.5 Å². The summed E-state index contributed by atoms with van der Waals surface area (Å²) in [5, 5.41) is 16.0.